The number of hydrogen-bond acceptors (Lipinski definition) is 10. The molecule has 0 radical (unpaired) electrons. The zero-order valence-corrected chi connectivity index (χ0v) is 17.8. The Morgan fingerprint density at radius 3 is 2.47 bits per heavy atom. The standard InChI is InChI=1S/C22H22N4O6/c1-28-16-10-18(30-3)17(29-2)9-12(16)20-19-13(23-21-22(24-20)26-32-25-21)7-11(8-14(19)27)15-5-4-6-31-15/h4-6,9-11,20H,7-8H2,1-3H3,(H,23,25)(H,24,26)/t11-,20-/m0/s1. The summed E-state index contributed by atoms with van der Waals surface area (Å²) in [5.74, 6) is 3.03. The number of allylic oxidation sites excluding steroid dienone is 1. The fourth-order valence-electron chi connectivity index (χ4n) is 4.34. The van der Waals surface area contributed by atoms with Gasteiger partial charge in [-0.3, -0.25) is 4.79 Å². The first-order valence-electron chi connectivity index (χ1n) is 10.1. The van der Waals surface area contributed by atoms with Gasteiger partial charge in [-0.1, -0.05) is 0 Å². The van der Waals surface area contributed by atoms with Crippen LogP contribution in [0, 0.1) is 0 Å². The Morgan fingerprint density at radius 1 is 1.00 bits per heavy atom. The first kappa shape index (κ1) is 20.0. The lowest BCUT2D eigenvalue weighted by atomic mass is 9.80. The predicted octanol–water partition coefficient (Wildman–Crippen LogP) is 3.67. The van der Waals surface area contributed by atoms with Crippen molar-refractivity contribution in [3.63, 3.8) is 0 Å². The van der Waals surface area contributed by atoms with E-state index in [1.165, 1.54) is 0 Å². The number of benzene rings is 1. The normalized spacial score (nSPS) is 19.9. The summed E-state index contributed by atoms with van der Waals surface area (Å²) < 4.78 is 27.0. The molecule has 0 fully saturated rings. The summed E-state index contributed by atoms with van der Waals surface area (Å²) in [6, 6.07) is 6.66. The third kappa shape index (κ3) is 3.24. The molecule has 1 aromatic carbocycles. The SMILES string of the molecule is COc1cc(OC)c([C@@H]2Nc3nonc3NC3=C2C(=O)C[C@@H](c2ccco2)C3)cc1OC. The van der Waals surface area contributed by atoms with Crippen LogP contribution in [0.15, 0.2) is 50.8 Å². The summed E-state index contributed by atoms with van der Waals surface area (Å²) in [5, 5.41) is 14.4. The Balaban J connectivity index is 1.66. The average molecular weight is 438 g/mol. The zero-order chi connectivity index (χ0) is 22.2. The van der Waals surface area contributed by atoms with Crippen molar-refractivity contribution in [2.45, 2.75) is 24.8 Å². The molecule has 0 saturated heterocycles. The number of anilines is 2. The predicted molar refractivity (Wildman–Crippen MR) is 113 cm³/mol. The first-order chi connectivity index (χ1) is 15.6. The minimum absolute atomic E-state index is 0.0171. The molecule has 0 unspecified atom stereocenters. The van der Waals surface area contributed by atoms with Gasteiger partial charge in [0.05, 0.1) is 33.6 Å². The van der Waals surface area contributed by atoms with Crippen LogP contribution >= 0.6 is 0 Å². The van der Waals surface area contributed by atoms with E-state index < -0.39 is 6.04 Å². The van der Waals surface area contributed by atoms with Crippen LogP contribution in [-0.2, 0) is 4.79 Å². The number of furan rings is 1. The van der Waals surface area contributed by atoms with E-state index in [1.54, 1.807) is 39.7 Å². The highest BCUT2D eigenvalue weighted by Gasteiger charge is 2.39. The van der Waals surface area contributed by atoms with E-state index in [-0.39, 0.29) is 11.7 Å². The molecule has 2 atom stereocenters. The van der Waals surface area contributed by atoms with E-state index in [0.717, 1.165) is 11.5 Å². The monoisotopic (exact) mass is 438 g/mol. The summed E-state index contributed by atoms with van der Waals surface area (Å²) in [6.07, 6.45) is 2.49. The molecule has 3 heterocycles. The number of methoxy groups -OCH3 is 3. The highest BCUT2D eigenvalue weighted by molar-refractivity contribution is 6.01. The Labute approximate surface area is 183 Å². The average Bonchev–Trinajstić information content (AvgIpc) is 3.47. The van der Waals surface area contributed by atoms with E-state index in [4.69, 9.17) is 23.3 Å². The van der Waals surface area contributed by atoms with Crippen LogP contribution in [0.4, 0.5) is 11.6 Å². The van der Waals surface area contributed by atoms with Crippen molar-refractivity contribution in [1.82, 2.24) is 10.3 Å². The molecule has 0 bridgehead atoms. The van der Waals surface area contributed by atoms with Gasteiger partial charge in [-0.25, -0.2) is 4.63 Å². The molecule has 0 saturated carbocycles. The second kappa shape index (κ2) is 7.95. The van der Waals surface area contributed by atoms with Crippen molar-refractivity contribution >= 4 is 17.4 Å². The quantitative estimate of drug-likeness (QED) is 0.610. The Morgan fingerprint density at radius 2 is 1.75 bits per heavy atom. The van der Waals surface area contributed by atoms with Crippen LogP contribution in [0.3, 0.4) is 0 Å². The third-order valence-corrected chi connectivity index (χ3v) is 5.83. The number of nitrogens with zero attached hydrogens (tertiary/aromatic N) is 2. The van der Waals surface area contributed by atoms with E-state index in [1.807, 2.05) is 12.1 Å². The maximum absolute atomic E-state index is 13.5. The molecule has 10 heteroatoms. The van der Waals surface area contributed by atoms with Gasteiger partial charge in [-0.2, -0.15) is 0 Å². The van der Waals surface area contributed by atoms with E-state index in [0.29, 0.717) is 52.9 Å². The molecule has 3 aromatic rings. The molecule has 2 aliphatic rings. The van der Waals surface area contributed by atoms with Crippen molar-refractivity contribution < 1.29 is 28.1 Å². The zero-order valence-electron chi connectivity index (χ0n) is 17.8. The van der Waals surface area contributed by atoms with Gasteiger partial charge in [-0.05, 0) is 34.9 Å². The summed E-state index contributed by atoms with van der Waals surface area (Å²) in [7, 11) is 4.67. The summed E-state index contributed by atoms with van der Waals surface area (Å²) in [4.78, 5) is 13.5. The Kier molecular flexibility index (Phi) is 4.96. The minimum Gasteiger partial charge on any atom is -0.496 e. The first-order valence-corrected chi connectivity index (χ1v) is 10.1. The van der Waals surface area contributed by atoms with Gasteiger partial charge in [0.1, 0.15) is 11.5 Å². The van der Waals surface area contributed by atoms with Crippen molar-refractivity contribution in [2.75, 3.05) is 32.0 Å². The Bertz CT molecular complexity index is 1180. The van der Waals surface area contributed by atoms with E-state index in [2.05, 4.69) is 20.9 Å². The second-order valence-corrected chi connectivity index (χ2v) is 7.55. The lowest BCUT2D eigenvalue weighted by Gasteiger charge is -2.29. The Hall–Kier alpha value is -3.95. The maximum atomic E-state index is 13.5. The third-order valence-electron chi connectivity index (χ3n) is 5.83. The fourth-order valence-corrected chi connectivity index (χ4v) is 4.34. The molecule has 0 spiro atoms. The second-order valence-electron chi connectivity index (χ2n) is 7.55. The summed E-state index contributed by atoms with van der Waals surface area (Å²) >= 11 is 0. The summed E-state index contributed by atoms with van der Waals surface area (Å²) in [5.41, 5.74) is 2.00. The minimum atomic E-state index is -0.578. The molecule has 0 amide bonds. The van der Waals surface area contributed by atoms with Crippen molar-refractivity contribution in [2.24, 2.45) is 0 Å². The number of rotatable bonds is 5. The number of fused-ring (bicyclic) bond motifs is 1. The highest BCUT2D eigenvalue weighted by atomic mass is 16.6. The van der Waals surface area contributed by atoms with Crippen molar-refractivity contribution in [1.29, 1.82) is 0 Å². The number of ether oxygens (including phenoxy) is 3. The molecule has 2 aromatic heterocycles. The van der Waals surface area contributed by atoms with Crippen LogP contribution in [0.25, 0.3) is 0 Å². The number of nitrogens with one attached hydrogen (secondary N) is 2. The van der Waals surface area contributed by atoms with Crippen LogP contribution in [-0.4, -0.2) is 37.4 Å². The van der Waals surface area contributed by atoms with E-state index in [9.17, 15) is 4.79 Å². The van der Waals surface area contributed by atoms with Gasteiger partial charge < -0.3 is 29.3 Å². The topological polar surface area (TPSA) is 121 Å². The van der Waals surface area contributed by atoms with Crippen LogP contribution in [0.5, 0.6) is 17.2 Å². The number of aromatic nitrogens is 2. The molecule has 1 aliphatic heterocycles. The fraction of sp³-hybridized carbons (Fsp3) is 0.318. The van der Waals surface area contributed by atoms with Gasteiger partial charge in [0, 0.05) is 35.2 Å². The van der Waals surface area contributed by atoms with Crippen LogP contribution < -0.4 is 24.8 Å². The number of hydrogen-bond donors (Lipinski definition) is 2. The van der Waals surface area contributed by atoms with Crippen molar-refractivity contribution in [3.05, 3.63) is 53.1 Å². The molecular weight excluding hydrogens is 416 g/mol. The van der Waals surface area contributed by atoms with Crippen molar-refractivity contribution in [3.8, 4) is 17.2 Å². The molecule has 5 rings (SSSR count). The molecule has 1 aliphatic carbocycles. The number of carbonyl (C=O) groups is 1. The van der Waals surface area contributed by atoms with Gasteiger partial charge in [-0.15, -0.1) is 0 Å². The van der Waals surface area contributed by atoms with Crippen LogP contribution in [0.2, 0.25) is 0 Å². The largest absolute Gasteiger partial charge is 0.496 e. The number of carbonyl (C=O) groups excluding carboxylic acids is 1. The van der Waals surface area contributed by atoms with Gasteiger partial charge in [0.15, 0.2) is 17.3 Å². The van der Waals surface area contributed by atoms with Gasteiger partial charge in [0.2, 0.25) is 11.6 Å². The number of Topliss-reactive ketones (excluding diaryl/α,β-unsaturated/α-hetero) is 1. The summed E-state index contributed by atoms with van der Waals surface area (Å²) in [6.45, 7) is 0. The maximum Gasteiger partial charge on any atom is 0.219 e. The van der Waals surface area contributed by atoms with Crippen LogP contribution in [0.1, 0.15) is 36.1 Å². The number of ketones is 1. The van der Waals surface area contributed by atoms with E-state index >= 15 is 0 Å². The molecule has 32 heavy (non-hydrogen) atoms. The molecule has 2 N–H and O–H groups in total. The lowest BCUT2D eigenvalue weighted by molar-refractivity contribution is -0.116. The lowest BCUT2D eigenvalue weighted by Crippen LogP contribution is -2.27. The molecule has 166 valence electrons. The van der Waals surface area contributed by atoms with Gasteiger partial charge in [0.25, 0.3) is 0 Å². The molecular formula is C22H22N4O6. The van der Waals surface area contributed by atoms with Gasteiger partial charge >= 0.3 is 0 Å². The highest BCUT2D eigenvalue weighted by Crippen LogP contribution is 2.47. The smallest absolute Gasteiger partial charge is 0.219 e. The molecule has 10 nitrogen and oxygen atoms in total.